The van der Waals surface area contributed by atoms with Crippen molar-refractivity contribution in [2.75, 3.05) is 13.2 Å². The summed E-state index contributed by atoms with van der Waals surface area (Å²) < 4.78 is 17.0. The molecule has 0 aliphatic rings. The third-order valence-corrected chi connectivity index (χ3v) is 17.0. The Hall–Kier alpha value is -2.11. The van der Waals surface area contributed by atoms with Crippen molar-refractivity contribution in [1.82, 2.24) is 0 Å². The van der Waals surface area contributed by atoms with Gasteiger partial charge >= 0.3 is 17.9 Å². The van der Waals surface area contributed by atoms with Crippen LogP contribution in [0, 0.1) is 0 Å². The van der Waals surface area contributed by atoms with Crippen LogP contribution < -0.4 is 0 Å². The van der Waals surface area contributed by atoms with Gasteiger partial charge in [0.15, 0.2) is 6.10 Å². The molecule has 1 atom stereocenters. The van der Waals surface area contributed by atoms with E-state index in [1.807, 2.05) is 0 Å². The molecule has 0 bridgehead atoms. The number of esters is 3. The molecule has 0 aromatic carbocycles. The molecule has 0 fully saturated rings. The van der Waals surface area contributed by atoms with Crippen LogP contribution in [0.3, 0.4) is 0 Å². The maximum Gasteiger partial charge on any atom is 0.306 e. The minimum Gasteiger partial charge on any atom is -0.462 e. The average Bonchev–Trinajstić information content (AvgIpc) is 3.47. The van der Waals surface area contributed by atoms with Crippen molar-refractivity contribution < 1.29 is 28.6 Å². The Balaban J connectivity index is 4.14. The van der Waals surface area contributed by atoms with Crippen LogP contribution in [0.4, 0.5) is 0 Å². The molecule has 6 nitrogen and oxygen atoms in total. The molecule has 0 N–H and O–H groups in total. The number of allylic oxidation sites excluding steroid dienone is 4. The zero-order chi connectivity index (χ0) is 58.5. The largest absolute Gasteiger partial charge is 0.462 e. The average molecular weight is 1140 g/mol. The topological polar surface area (TPSA) is 78.9 Å². The van der Waals surface area contributed by atoms with E-state index in [0.717, 1.165) is 70.6 Å². The van der Waals surface area contributed by atoms with Gasteiger partial charge < -0.3 is 14.2 Å². The molecule has 1 unspecified atom stereocenters. The molecule has 0 heterocycles. The van der Waals surface area contributed by atoms with E-state index in [-0.39, 0.29) is 31.1 Å². The summed E-state index contributed by atoms with van der Waals surface area (Å²) in [7, 11) is 0. The number of hydrogen-bond donors (Lipinski definition) is 0. The smallest absolute Gasteiger partial charge is 0.306 e. The molecule has 0 rings (SSSR count). The lowest BCUT2D eigenvalue weighted by Gasteiger charge is -2.18. The lowest BCUT2D eigenvalue weighted by atomic mass is 10.0. The van der Waals surface area contributed by atoms with Crippen molar-refractivity contribution in [2.45, 2.75) is 425 Å². The highest BCUT2D eigenvalue weighted by Crippen LogP contribution is 2.19. The van der Waals surface area contributed by atoms with Gasteiger partial charge in [-0.15, -0.1) is 0 Å². The summed E-state index contributed by atoms with van der Waals surface area (Å²) in [4.78, 5) is 38.4. The van der Waals surface area contributed by atoms with Crippen LogP contribution in [-0.2, 0) is 28.6 Å². The molecule has 0 saturated heterocycles. The fourth-order valence-electron chi connectivity index (χ4n) is 11.4. The molecule has 0 spiro atoms. The quantitative estimate of drug-likeness (QED) is 0.0261. The Kier molecular flexibility index (Phi) is 68.5. The lowest BCUT2D eigenvalue weighted by molar-refractivity contribution is -0.167. The molecule has 478 valence electrons. The molecule has 81 heavy (non-hydrogen) atoms. The first kappa shape index (κ1) is 78.9. The van der Waals surface area contributed by atoms with E-state index in [4.69, 9.17) is 14.2 Å². The van der Waals surface area contributed by atoms with Gasteiger partial charge in [-0.05, 0) is 51.4 Å². The standard InChI is InChI=1S/C75H142O6/c1-4-7-10-13-16-19-22-25-28-30-31-32-33-34-35-36-37-38-39-40-41-42-43-45-47-50-53-56-59-62-65-68-74(77)80-71-72(70-79-73(76)67-64-61-58-55-52-49-46-27-24-21-18-15-12-9-6-3)81-75(78)69-66-63-60-57-54-51-48-44-29-26-23-20-17-14-11-8-5-2/h17,20,26,29,72H,4-16,18-19,21-25,27-28,30-71H2,1-3H3/b20-17-,29-26-. The summed E-state index contributed by atoms with van der Waals surface area (Å²) >= 11 is 0. The first-order chi connectivity index (χ1) is 40.0. The number of rotatable bonds is 69. The van der Waals surface area contributed by atoms with Gasteiger partial charge in [0.25, 0.3) is 0 Å². The fraction of sp³-hybridized carbons (Fsp3) is 0.907. The van der Waals surface area contributed by atoms with E-state index in [1.54, 1.807) is 0 Å². The lowest BCUT2D eigenvalue weighted by Crippen LogP contribution is -2.30. The highest BCUT2D eigenvalue weighted by atomic mass is 16.6. The van der Waals surface area contributed by atoms with E-state index in [1.165, 1.54) is 308 Å². The summed E-state index contributed by atoms with van der Waals surface area (Å²) in [5, 5.41) is 0. The van der Waals surface area contributed by atoms with Gasteiger partial charge in [-0.2, -0.15) is 0 Å². The first-order valence-electron chi connectivity index (χ1n) is 36.8. The fourth-order valence-corrected chi connectivity index (χ4v) is 11.4. The minimum absolute atomic E-state index is 0.0681. The number of unbranched alkanes of at least 4 members (excludes halogenated alkanes) is 54. The van der Waals surface area contributed by atoms with Crippen molar-refractivity contribution >= 4 is 17.9 Å². The summed E-state index contributed by atoms with van der Waals surface area (Å²) in [5.74, 6) is -0.843. The zero-order valence-corrected chi connectivity index (χ0v) is 55.1. The SMILES string of the molecule is CCCCC/C=C\C/C=C\CCCCCCCCCC(=O)OC(COC(=O)CCCCCCCCCCCCCCCCC)COC(=O)CCCCCCCCCCCCCCCCCCCCCCCCCCCCCCCCC. The van der Waals surface area contributed by atoms with Gasteiger partial charge in [0.2, 0.25) is 0 Å². The maximum absolute atomic E-state index is 12.9. The van der Waals surface area contributed by atoms with E-state index in [9.17, 15) is 14.4 Å². The molecular weight excluding hydrogens is 997 g/mol. The highest BCUT2D eigenvalue weighted by Gasteiger charge is 2.20. The van der Waals surface area contributed by atoms with Crippen molar-refractivity contribution in [3.05, 3.63) is 24.3 Å². The van der Waals surface area contributed by atoms with E-state index >= 15 is 0 Å². The Morgan fingerprint density at radius 1 is 0.247 bits per heavy atom. The Bertz CT molecular complexity index is 1310. The molecule has 0 aromatic heterocycles. The van der Waals surface area contributed by atoms with Gasteiger partial charge in [-0.1, -0.05) is 373 Å². The third kappa shape index (κ3) is 68.6. The second-order valence-corrected chi connectivity index (χ2v) is 25.2. The van der Waals surface area contributed by atoms with E-state index < -0.39 is 6.10 Å². The molecule has 6 heteroatoms. The number of ether oxygens (including phenoxy) is 3. The number of carbonyl (C=O) groups is 3. The summed E-state index contributed by atoms with van der Waals surface area (Å²) in [6, 6.07) is 0. The number of hydrogen-bond acceptors (Lipinski definition) is 6. The van der Waals surface area contributed by atoms with Crippen LogP contribution in [0.1, 0.15) is 419 Å². The zero-order valence-electron chi connectivity index (χ0n) is 55.1. The van der Waals surface area contributed by atoms with Crippen molar-refractivity contribution in [2.24, 2.45) is 0 Å². The Morgan fingerprint density at radius 3 is 0.704 bits per heavy atom. The van der Waals surface area contributed by atoms with Crippen molar-refractivity contribution in [3.8, 4) is 0 Å². The first-order valence-corrected chi connectivity index (χ1v) is 36.8. The Morgan fingerprint density at radius 2 is 0.444 bits per heavy atom. The predicted octanol–water partition coefficient (Wildman–Crippen LogP) is 25.3. The van der Waals surface area contributed by atoms with E-state index in [0.29, 0.717) is 19.3 Å². The summed E-state index contributed by atoms with van der Waals surface area (Å²) in [6.07, 6.45) is 86.5. The van der Waals surface area contributed by atoms with E-state index in [2.05, 4.69) is 45.1 Å². The van der Waals surface area contributed by atoms with Crippen LogP contribution in [0.25, 0.3) is 0 Å². The van der Waals surface area contributed by atoms with Crippen molar-refractivity contribution in [1.29, 1.82) is 0 Å². The number of carbonyl (C=O) groups excluding carboxylic acids is 3. The molecular formula is C75H142O6. The molecule has 0 aliphatic heterocycles. The summed E-state index contributed by atoms with van der Waals surface area (Å²) in [5.41, 5.74) is 0. The van der Waals surface area contributed by atoms with Crippen LogP contribution in [0.2, 0.25) is 0 Å². The van der Waals surface area contributed by atoms with Crippen molar-refractivity contribution in [3.63, 3.8) is 0 Å². The monoisotopic (exact) mass is 1140 g/mol. The van der Waals surface area contributed by atoms with Gasteiger partial charge in [0, 0.05) is 19.3 Å². The van der Waals surface area contributed by atoms with Gasteiger partial charge in [-0.25, -0.2) is 0 Å². The molecule has 0 radical (unpaired) electrons. The molecule has 0 aliphatic carbocycles. The minimum atomic E-state index is -0.773. The second-order valence-electron chi connectivity index (χ2n) is 25.2. The maximum atomic E-state index is 12.9. The van der Waals surface area contributed by atoms with Gasteiger partial charge in [-0.3, -0.25) is 14.4 Å². The molecule has 0 aromatic rings. The van der Waals surface area contributed by atoms with Crippen LogP contribution in [0.5, 0.6) is 0 Å². The second kappa shape index (κ2) is 70.4. The normalized spacial score (nSPS) is 12.1. The Labute approximate surface area is 506 Å². The molecule has 0 amide bonds. The third-order valence-electron chi connectivity index (χ3n) is 17.0. The molecule has 0 saturated carbocycles. The van der Waals surface area contributed by atoms with Crippen LogP contribution in [-0.4, -0.2) is 37.2 Å². The van der Waals surface area contributed by atoms with Crippen LogP contribution >= 0.6 is 0 Å². The van der Waals surface area contributed by atoms with Gasteiger partial charge in [0.05, 0.1) is 0 Å². The summed E-state index contributed by atoms with van der Waals surface area (Å²) in [6.45, 7) is 6.70. The predicted molar refractivity (Wildman–Crippen MR) is 353 cm³/mol. The highest BCUT2D eigenvalue weighted by molar-refractivity contribution is 5.71. The van der Waals surface area contributed by atoms with Gasteiger partial charge in [0.1, 0.15) is 13.2 Å². The van der Waals surface area contributed by atoms with Crippen LogP contribution in [0.15, 0.2) is 24.3 Å².